The molecule has 1 N–H and O–H groups in total. The van der Waals surface area contributed by atoms with Crippen molar-refractivity contribution in [3.63, 3.8) is 0 Å². The predicted molar refractivity (Wildman–Crippen MR) is 87.2 cm³/mol. The lowest BCUT2D eigenvalue weighted by molar-refractivity contribution is -0.131. The van der Waals surface area contributed by atoms with Crippen LogP contribution in [0.5, 0.6) is 0 Å². The molecule has 1 aromatic carbocycles. The molecule has 2 rings (SSSR count). The molecule has 1 aliphatic rings. The Kier molecular flexibility index (Phi) is 5.80. The Bertz CT molecular complexity index is 472. The molecule has 3 heteroatoms. The smallest absolute Gasteiger partial charge is 0.222 e. The Morgan fingerprint density at radius 2 is 2.10 bits per heavy atom. The number of nitrogens with zero attached hydrogens (tertiary/aromatic N) is 1. The minimum atomic E-state index is 0.230. The van der Waals surface area contributed by atoms with Crippen LogP contribution in [-0.2, 0) is 4.79 Å². The monoisotopic (exact) mass is 288 g/mol. The molecule has 1 aromatic rings. The van der Waals surface area contributed by atoms with Crippen LogP contribution in [0.15, 0.2) is 24.3 Å². The molecule has 2 atom stereocenters. The molecule has 0 spiro atoms. The second kappa shape index (κ2) is 7.60. The van der Waals surface area contributed by atoms with Crippen LogP contribution in [0.3, 0.4) is 0 Å². The lowest BCUT2D eigenvalue weighted by Crippen LogP contribution is -2.39. The fraction of sp³-hybridized carbons (Fsp3) is 0.611. The van der Waals surface area contributed by atoms with Crippen molar-refractivity contribution in [2.24, 2.45) is 5.92 Å². The van der Waals surface area contributed by atoms with Crippen LogP contribution in [-0.4, -0.2) is 30.4 Å². The summed E-state index contributed by atoms with van der Waals surface area (Å²) in [6.45, 7) is 9.11. The van der Waals surface area contributed by atoms with E-state index in [1.807, 2.05) is 0 Å². The standard InChI is InChI=1S/C18H28N2O/c1-4-19-17(16-8-6-5-7-15(16)3)13-20-12-11-14(2)9-10-18(20)21/h5-8,14,17,19H,4,9-13H2,1-3H3. The zero-order valence-electron chi connectivity index (χ0n) is 13.6. The zero-order chi connectivity index (χ0) is 15.2. The largest absolute Gasteiger partial charge is 0.341 e. The van der Waals surface area contributed by atoms with Crippen molar-refractivity contribution >= 4 is 5.91 Å². The fourth-order valence-corrected chi connectivity index (χ4v) is 3.08. The first-order chi connectivity index (χ1) is 10.1. The van der Waals surface area contributed by atoms with E-state index in [-0.39, 0.29) is 6.04 Å². The van der Waals surface area contributed by atoms with E-state index < -0.39 is 0 Å². The summed E-state index contributed by atoms with van der Waals surface area (Å²) in [7, 11) is 0. The van der Waals surface area contributed by atoms with Gasteiger partial charge in [-0.1, -0.05) is 38.1 Å². The van der Waals surface area contributed by atoms with Crippen molar-refractivity contribution < 1.29 is 4.79 Å². The van der Waals surface area contributed by atoms with E-state index in [0.717, 1.165) is 32.5 Å². The van der Waals surface area contributed by atoms with E-state index >= 15 is 0 Å². The highest BCUT2D eigenvalue weighted by atomic mass is 16.2. The van der Waals surface area contributed by atoms with Crippen molar-refractivity contribution in [1.29, 1.82) is 0 Å². The number of carbonyl (C=O) groups excluding carboxylic acids is 1. The molecule has 0 aliphatic carbocycles. The van der Waals surface area contributed by atoms with Gasteiger partial charge in [-0.2, -0.15) is 0 Å². The maximum Gasteiger partial charge on any atom is 0.222 e. The SMILES string of the molecule is CCNC(CN1CCC(C)CCC1=O)c1ccccc1C. The summed E-state index contributed by atoms with van der Waals surface area (Å²) in [6, 6.07) is 8.70. The lowest BCUT2D eigenvalue weighted by atomic mass is 10.0. The maximum atomic E-state index is 12.3. The number of likely N-dealkylation sites (N-methyl/N-ethyl adjacent to an activating group) is 1. The molecule has 21 heavy (non-hydrogen) atoms. The van der Waals surface area contributed by atoms with Crippen LogP contribution in [0.25, 0.3) is 0 Å². The number of benzene rings is 1. The van der Waals surface area contributed by atoms with E-state index in [2.05, 4.69) is 55.3 Å². The maximum absolute atomic E-state index is 12.3. The fourth-order valence-electron chi connectivity index (χ4n) is 3.08. The highest BCUT2D eigenvalue weighted by molar-refractivity contribution is 5.76. The quantitative estimate of drug-likeness (QED) is 0.901. The predicted octanol–water partition coefficient (Wildman–Crippen LogP) is 3.29. The number of rotatable bonds is 5. The molecule has 0 radical (unpaired) electrons. The van der Waals surface area contributed by atoms with Crippen LogP contribution in [0.4, 0.5) is 0 Å². The van der Waals surface area contributed by atoms with E-state index in [1.54, 1.807) is 0 Å². The number of aryl methyl sites for hydroxylation is 1. The molecule has 116 valence electrons. The van der Waals surface area contributed by atoms with E-state index in [4.69, 9.17) is 0 Å². The van der Waals surface area contributed by atoms with E-state index in [1.165, 1.54) is 11.1 Å². The Labute approximate surface area is 128 Å². The van der Waals surface area contributed by atoms with Gasteiger partial charge in [0.15, 0.2) is 0 Å². The van der Waals surface area contributed by atoms with Crippen LogP contribution in [0.1, 0.15) is 50.3 Å². The lowest BCUT2D eigenvalue weighted by Gasteiger charge is -2.28. The molecule has 0 aromatic heterocycles. The third-order valence-corrected chi connectivity index (χ3v) is 4.51. The Balaban J connectivity index is 2.12. The van der Waals surface area contributed by atoms with Crippen LogP contribution in [0.2, 0.25) is 0 Å². The number of nitrogens with one attached hydrogen (secondary N) is 1. The first-order valence-corrected chi connectivity index (χ1v) is 8.18. The normalized spacial score (nSPS) is 21.2. The topological polar surface area (TPSA) is 32.3 Å². The number of carbonyl (C=O) groups is 1. The van der Waals surface area contributed by atoms with Gasteiger partial charge >= 0.3 is 0 Å². The third kappa shape index (κ3) is 4.31. The van der Waals surface area contributed by atoms with Crippen molar-refractivity contribution in [2.75, 3.05) is 19.6 Å². The number of likely N-dealkylation sites (tertiary alicyclic amines) is 1. The summed E-state index contributed by atoms with van der Waals surface area (Å²) in [6.07, 6.45) is 2.86. The number of hydrogen-bond acceptors (Lipinski definition) is 2. The van der Waals surface area contributed by atoms with E-state index in [9.17, 15) is 4.79 Å². The molecule has 0 saturated carbocycles. The van der Waals surface area contributed by atoms with Gasteiger partial charge in [-0.3, -0.25) is 4.79 Å². The van der Waals surface area contributed by atoms with Gasteiger partial charge in [0.1, 0.15) is 0 Å². The first kappa shape index (κ1) is 16.0. The molecule has 2 unspecified atom stereocenters. The first-order valence-electron chi connectivity index (χ1n) is 8.18. The summed E-state index contributed by atoms with van der Waals surface area (Å²) in [5.41, 5.74) is 2.60. The summed E-state index contributed by atoms with van der Waals surface area (Å²) in [5, 5.41) is 3.55. The van der Waals surface area contributed by atoms with Crippen LogP contribution in [0, 0.1) is 12.8 Å². The average Bonchev–Trinajstić information content (AvgIpc) is 2.63. The molecular weight excluding hydrogens is 260 g/mol. The molecule has 1 heterocycles. The molecule has 3 nitrogen and oxygen atoms in total. The van der Waals surface area contributed by atoms with Gasteiger partial charge in [0.2, 0.25) is 5.91 Å². The van der Waals surface area contributed by atoms with Crippen LogP contribution < -0.4 is 5.32 Å². The second-order valence-corrected chi connectivity index (χ2v) is 6.24. The molecule has 1 fully saturated rings. The van der Waals surface area contributed by atoms with Gasteiger partial charge in [0.25, 0.3) is 0 Å². The van der Waals surface area contributed by atoms with Crippen molar-refractivity contribution in [3.05, 3.63) is 35.4 Å². The minimum Gasteiger partial charge on any atom is -0.341 e. The summed E-state index contributed by atoms with van der Waals surface area (Å²) in [5.74, 6) is 0.978. The Hall–Kier alpha value is -1.35. The van der Waals surface area contributed by atoms with Crippen molar-refractivity contribution in [1.82, 2.24) is 10.2 Å². The third-order valence-electron chi connectivity index (χ3n) is 4.51. The average molecular weight is 288 g/mol. The molecule has 1 aliphatic heterocycles. The Morgan fingerprint density at radius 1 is 1.33 bits per heavy atom. The summed E-state index contributed by atoms with van der Waals surface area (Å²) < 4.78 is 0. The van der Waals surface area contributed by atoms with Crippen LogP contribution >= 0.6 is 0 Å². The molecule has 0 bridgehead atoms. The van der Waals surface area contributed by atoms with Crippen molar-refractivity contribution in [2.45, 2.75) is 46.1 Å². The van der Waals surface area contributed by atoms with Crippen molar-refractivity contribution in [3.8, 4) is 0 Å². The number of hydrogen-bond donors (Lipinski definition) is 1. The minimum absolute atomic E-state index is 0.230. The molecule has 1 saturated heterocycles. The van der Waals surface area contributed by atoms with Gasteiger partial charge in [-0.15, -0.1) is 0 Å². The molecular formula is C18H28N2O. The van der Waals surface area contributed by atoms with Gasteiger partial charge in [0.05, 0.1) is 6.04 Å². The highest BCUT2D eigenvalue weighted by Crippen LogP contribution is 2.22. The van der Waals surface area contributed by atoms with Gasteiger partial charge in [0, 0.05) is 19.5 Å². The summed E-state index contributed by atoms with van der Waals surface area (Å²) >= 11 is 0. The zero-order valence-corrected chi connectivity index (χ0v) is 13.6. The van der Waals surface area contributed by atoms with Gasteiger partial charge < -0.3 is 10.2 Å². The number of amides is 1. The Morgan fingerprint density at radius 3 is 2.81 bits per heavy atom. The van der Waals surface area contributed by atoms with E-state index in [0.29, 0.717) is 18.2 Å². The summed E-state index contributed by atoms with van der Waals surface area (Å²) in [4.78, 5) is 14.4. The van der Waals surface area contributed by atoms with Gasteiger partial charge in [-0.25, -0.2) is 0 Å². The highest BCUT2D eigenvalue weighted by Gasteiger charge is 2.24. The van der Waals surface area contributed by atoms with Gasteiger partial charge in [-0.05, 0) is 43.4 Å². The molecule has 1 amide bonds. The second-order valence-electron chi connectivity index (χ2n) is 6.24.